The van der Waals surface area contributed by atoms with Gasteiger partial charge in [0.05, 0.1) is 12.1 Å². The summed E-state index contributed by atoms with van der Waals surface area (Å²) in [7, 11) is 0. The molecule has 0 aliphatic rings. The smallest absolute Gasteiger partial charge is 0.251 e. The highest BCUT2D eigenvalue weighted by Gasteiger charge is 2.05. The minimum Gasteiger partial charge on any atom is -0.335 e. The van der Waals surface area contributed by atoms with Crippen LogP contribution in [0.2, 0.25) is 0 Å². The largest absolute Gasteiger partial charge is 0.335 e. The first-order valence-corrected chi connectivity index (χ1v) is 8.07. The van der Waals surface area contributed by atoms with Crippen LogP contribution in [0.5, 0.6) is 0 Å². The summed E-state index contributed by atoms with van der Waals surface area (Å²) in [4.78, 5) is 28.5. The highest BCUT2D eigenvalue weighted by molar-refractivity contribution is 7.71. The van der Waals surface area contributed by atoms with Gasteiger partial charge >= 0.3 is 0 Å². The van der Waals surface area contributed by atoms with Crippen molar-refractivity contribution in [3.05, 3.63) is 74.9 Å². The third-order valence-corrected chi connectivity index (χ3v) is 3.89. The third-order valence-electron chi connectivity index (χ3n) is 3.68. The van der Waals surface area contributed by atoms with E-state index in [1.54, 1.807) is 0 Å². The first kappa shape index (κ1) is 16.8. The Balaban J connectivity index is 1.72. The molecule has 3 N–H and O–H groups in total. The molecule has 7 heteroatoms. The molecule has 0 saturated carbocycles. The van der Waals surface area contributed by atoms with Crippen molar-refractivity contribution >= 4 is 34.6 Å². The second kappa shape index (κ2) is 7.23. The molecule has 3 rings (SSSR count). The number of benzene rings is 2. The number of aromatic nitrogens is 2. The summed E-state index contributed by atoms with van der Waals surface area (Å²) in [6.45, 7) is 1.82. The average molecular weight is 352 g/mol. The predicted octanol–water partition coefficient (Wildman–Crippen LogP) is 2.67. The Morgan fingerprint density at radius 3 is 2.64 bits per heavy atom. The molecule has 0 fully saturated rings. The van der Waals surface area contributed by atoms with Gasteiger partial charge in [-0.3, -0.25) is 14.6 Å². The summed E-state index contributed by atoms with van der Waals surface area (Å²) in [6, 6.07) is 15.3. The molecule has 0 unspecified atom stereocenters. The maximum absolute atomic E-state index is 12.0. The lowest BCUT2D eigenvalue weighted by Crippen LogP contribution is -2.23. The molecule has 0 spiro atoms. The molecule has 1 heterocycles. The molecule has 0 radical (unpaired) electrons. The van der Waals surface area contributed by atoms with Gasteiger partial charge in [-0.05, 0) is 41.5 Å². The monoisotopic (exact) mass is 352 g/mol. The Labute approximate surface area is 148 Å². The number of rotatable bonds is 4. The molecular weight excluding hydrogens is 336 g/mol. The molecule has 0 atom stereocenters. The molecule has 1 aromatic heterocycles. The van der Waals surface area contributed by atoms with Crippen molar-refractivity contribution in [2.45, 2.75) is 13.3 Å². The summed E-state index contributed by atoms with van der Waals surface area (Å²) in [5.41, 5.74) is 4.21. The molecule has 1 amide bonds. The minimum absolute atomic E-state index is 0.0118. The number of carbonyl (C=O) groups is 1. The van der Waals surface area contributed by atoms with E-state index in [0.29, 0.717) is 11.4 Å². The van der Waals surface area contributed by atoms with Gasteiger partial charge in [0.15, 0.2) is 4.77 Å². The van der Waals surface area contributed by atoms with Gasteiger partial charge in [0, 0.05) is 11.8 Å². The topological polar surface area (TPSA) is 90.1 Å². The van der Waals surface area contributed by atoms with Crippen LogP contribution in [0.3, 0.4) is 0 Å². The van der Waals surface area contributed by atoms with E-state index >= 15 is 0 Å². The Morgan fingerprint density at radius 1 is 1.12 bits per heavy atom. The number of H-pyrrole nitrogens is 2. The molecule has 0 aliphatic carbocycles. The molecular formula is C18H16N4O2S. The maximum atomic E-state index is 12.0. The van der Waals surface area contributed by atoms with E-state index in [1.165, 1.54) is 6.07 Å². The summed E-state index contributed by atoms with van der Waals surface area (Å²) >= 11 is 4.88. The van der Waals surface area contributed by atoms with Crippen molar-refractivity contribution in [2.24, 2.45) is 5.10 Å². The second-order valence-corrected chi connectivity index (χ2v) is 5.99. The normalized spacial score (nSPS) is 11.5. The van der Waals surface area contributed by atoms with Gasteiger partial charge in [0.25, 0.3) is 5.56 Å². The number of hydrogen-bond acceptors (Lipinski definition) is 4. The van der Waals surface area contributed by atoms with Crippen LogP contribution in [0.25, 0.3) is 10.8 Å². The first-order chi connectivity index (χ1) is 12.0. The number of nitrogens with one attached hydrogen (secondary N) is 3. The first-order valence-electron chi connectivity index (χ1n) is 7.66. The van der Waals surface area contributed by atoms with E-state index in [9.17, 15) is 9.59 Å². The SMILES string of the molecule is C/C(=N/NC(=O)Cc1cc(=O)[nH]c(=S)[nH]1)c1ccc2ccccc2c1. The number of hydrogen-bond donors (Lipinski definition) is 3. The Morgan fingerprint density at radius 2 is 1.88 bits per heavy atom. The lowest BCUT2D eigenvalue weighted by Gasteiger charge is -2.05. The van der Waals surface area contributed by atoms with Gasteiger partial charge in [0.2, 0.25) is 5.91 Å². The predicted molar refractivity (Wildman–Crippen MR) is 100 cm³/mol. The zero-order chi connectivity index (χ0) is 17.8. The van der Waals surface area contributed by atoms with E-state index in [1.807, 2.05) is 49.4 Å². The van der Waals surface area contributed by atoms with Crippen molar-refractivity contribution in [2.75, 3.05) is 0 Å². The van der Waals surface area contributed by atoms with Gasteiger partial charge in [-0.25, -0.2) is 5.43 Å². The fraction of sp³-hybridized carbons (Fsp3) is 0.111. The van der Waals surface area contributed by atoms with Crippen molar-refractivity contribution in [1.82, 2.24) is 15.4 Å². The summed E-state index contributed by atoms with van der Waals surface area (Å²) in [6.07, 6.45) is -0.0118. The lowest BCUT2D eigenvalue weighted by molar-refractivity contribution is -0.120. The Kier molecular flexibility index (Phi) is 4.85. The molecule has 0 saturated heterocycles. The zero-order valence-corrected chi connectivity index (χ0v) is 14.3. The van der Waals surface area contributed by atoms with Crippen LogP contribution in [0, 0.1) is 4.77 Å². The number of aromatic amines is 2. The van der Waals surface area contributed by atoms with Crippen molar-refractivity contribution in [1.29, 1.82) is 0 Å². The number of nitrogens with zero attached hydrogens (tertiary/aromatic N) is 1. The van der Waals surface area contributed by atoms with Gasteiger partial charge in [-0.1, -0.05) is 36.4 Å². The number of amides is 1. The van der Waals surface area contributed by atoms with Crippen LogP contribution in [-0.2, 0) is 11.2 Å². The van der Waals surface area contributed by atoms with Gasteiger partial charge in [-0.15, -0.1) is 0 Å². The Hall–Kier alpha value is -3.06. The van der Waals surface area contributed by atoms with E-state index in [4.69, 9.17) is 12.2 Å². The number of carbonyl (C=O) groups excluding carboxylic acids is 1. The Bertz CT molecular complexity index is 1050. The summed E-state index contributed by atoms with van der Waals surface area (Å²) in [5.74, 6) is -0.337. The van der Waals surface area contributed by atoms with E-state index in [2.05, 4.69) is 20.5 Å². The van der Waals surface area contributed by atoms with Crippen LogP contribution in [0.1, 0.15) is 18.2 Å². The summed E-state index contributed by atoms with van der Waals surface area (Å²) < 4.78 is 0.186. The third kappa shape index (κ3) is 4.27. The lowest BCUT2D eigenvalue weighted by atomic mass is 10.0. The van der Waals surface area contributed by atoms with Crippen LogP contribution >= 0.6 is 12.2 Å². The highest BCUT2D eigenvalue weighted by atomic mass is 32.1. The fourth-order valence-electron chi connectivity index (χ4n) is 2.45. The molecule has 126 valence electrons. The van der Waals surface area contributed by atoms with Crippen molar-refractivity contribution < 1.29 is 4.79 Å². The molecule has 0 bridgehead atoms. The second-order valence-electron chi connectivity index (χ2n) is 5.58. The molecule has 2 aromatic carbocycles. The average Bonchev–Trinajstić information content (AvgIpc) is 2.58. The zero-order valence-electron chi connectivity index (χ0n) is 13.5. The van der Waals surface area contributed by atoms with Crippen LogP contribution in [-0.4, -0.2) is 21.6 Å². The number of hydrazone groups is 1. The van der Waals surface area contributed by atoms with Crippen molar-refractivity contribution in [3.8, 4) is 0 Å². The molecule has 6 nitrogen and oxygen atoms in total. The van der Waals surface area contributed by atoms with Crippen LogP contribution < -0.4 is 11.0 Å². The highest BCUT2D eigenvalue weighted by Crippen LogP contribution is 2.16. The molecule has 25 heavy (non-hydrogen) atoms. The minimum atomic E-state index is -0.345. The summed E-state index contributed by atoms with van der Waals surface area (Å²) in [5, 5.41) is 6.39. The van der Waals surface area contributed by atoms with Gasteiger partial charge in [-0.2, -0.15) is 5.10 Å². The molecule has 3 aromatic rings. The molecule has 0 aliphatic heterocycles. The van der Waals surface area contributed by atoms with Gasteiger partial charge < -0.3 is 4.98 Å². The standard InChI is InChI=1S/C18H16N4O2S/c1-11(13-7-6-12-4-2-3-5-14(12)8-13)21-22-17(24)10-15-9-16(23)20-18(25)19-15/h2-9H,10H2,1H3,(H,22,24)(H2,19,20,23,25)/b21-11-. The van der Waals surface area contributed by atoms with E-state index < -0.39 is 0 Å². The van der Waals surface area contributed by atoms with Gasteiger partial charge in [0.1, 0.15) is 0 Å². The van der Waals surface area contributed by atoms with E-state index in [0.717, 1.165) is 16.3 Å². The van der Waals surface area contributed by atoms with Crippen LogP contribution in [0.15, 0.2) is 58.4 Å². The quantitative estimate of drug-likeness (QED) is 0.383. The maximum Gasteiger partial charge on any atom is 0.251 e. The van der Waals surface area contributed by atoms with Crippen molar-refractivity contribution in [3.63, 3.8) is 0 Å². The fourth-order valence-corrected chi connectivity index (χ4v) is 2.68. The van der Waals surface area contributed by atoms with E-state index in [-0.39, 0.29) is 22.7 Å². The van der Waals surface area contributed by atoms with Crippen LogP contribution in [0.4, 0.5) is 0 Å². The number of fused-ring (bicyclic) bond motifs is 1.